The van der Waals surface area contributed by atoms with E-state index in [0.29, 0.717) is 16.5 Å². The third-order valence-corrected chi connectivity index (χ3v) is 2.48. The van der Waals surface area contributed by atoms with Crippen LogP contribution in [0.3, 0.4) is 0 Å². The molecule has 0 spiro atoms. The van der Waals surface area contributed by atoms with Gasteiger partial charge in [0.1, 0.15) is 11.5 Å². The van der Waals surface area contributed by atoms with Crippen LogP contribution in [0.5, 0.6) is 11.5 Å². The lowest BCUT2D eigenvalue weighted by atomic mass is 10.0. The number of hydrogen-bond acceptors (Lipinski definition) is 4. The predicted molar refractivity (Wildman–Crippen MR) is 65.4 cm³/mol. The molecule has 92 valence electrons. The first-order valence-corrected chi connectivity index (χ1v) is 5.23. The summed E-state index contributed by atoms with van der Waals surface area (Å²) in [7, 11) is 0. The molecule has 2 aromatic carbocycles. The van der Waals surface area contributed by atoms with Crippen molar-refractivity contribution in [2.45, 2.75) is 6.92 Å². The van der Waals surface area contributed by atoms with E-state index >= 15 is 0 Å². The van der Waals surface area contributed by atoms with E-state index in [-0.39, 0.29) is 11.3 Å². The first-order valence-electron chi connectivity index (χ1n) is 5.23. The van der Waals surface area contributed by atoms with Gasteiger partial charge in [-0.05, 0) is 23.6 Å². The number of esters is 1. The fraction of sp³-hybridized carbons (Fsp3) is 0.0769. The number of ether oxygens (including phenoxy) is 1. The van der Waals surface area contributed by atoms with E-state index < -0.39 is 11.9 Å². The lowest BCUT2D eigenvalue weighted by Gasteiger charge is -2.08. The van der Waals surface area contributed by atoms with E-state index in [9.17, 15) is 14.7 Å². The minimum absolute atomic E-state index is 0.0301. The summed E-state index contributed by atoms with van der Waals surface area (Å²) in [5.41, 5.74) is 5.17. The van der Waals surface area contributed by atoms with E-state index in [4.69, 9.17) is 10.5 Å². The third kappa shape index (κ3) is 2.10. The van der Waals surface area contributed by atoms with E-state index in [0.717, 1.165) is 0 Å². The zero-order valence-corrected chi connectivity index (χ0v) is 9.64. The molecule has 3 N–H and O–H groups in total. The number of phenols is 1. The molecule has 0 saturated heterocycles. The molecule has 0 radical (unpaired) electrons. The second kappa shape index (κ2) is 4.37. The monoisotopic (exact) mass is 245 g/mol. The zero-order chi connectivity index (χ0) is 13.3. The van der Waals surface area contributed by atoms with Gasteiger partial charge < -0.3 is 15.6 Å². The van der Waals surface area contributed by atoms with Crippen molar-refractivity contribution >= 4 is 22.6 Å². The van der Waals surface area contributed by atoms with Crippen molar-refractivity contribution in [3.05, 3.63) is 35.9 Å². The lowest BCUT2D eigenvalue weighted by Crippen LogP contribution is -2.11. The maximum absolute atomic E-state index is 11.1. The van der Waals surface area contributed by atoms with Gasteiger partial charge in [-0.15, -0.1) is 0 Å². The van der Waals surface area contributed by atoms with E-state index in [1.165, 1.54) is 19.1 Å². The summed E-state index contributed by atoms with van der Waals surface area (Å²) in [6.07, 6.45) is 0. The van der Waals surface area contributed by atoms with E-state index in [1.807, 2.05) is 0 Å². The van der Waals surface area contributed by atoms with Gasteiger partial charge in [0.2, 0.25) is 0 Å². The summed E-state index contributed by atoms with van der Waals surface area (Å²) >= 11 is 0. The Morgan fingerprint density at radius 3 is 2.61 bits per heavy atom. The highest BCUT2D eigenvalue weighted by Crippen LogP contribution is 2.31. The highest BCUT2D eigenvalue weighted by atomic mass is 16.5. The van der Waals surface area contributed by atoms with Crippen molar-refractivity contribution in [2.75, 3.05) is 0 Å². The maximum atomic E-state index is 11.1. The normalized spacial score (nSPS) is 10.3. The van der Waals surface area contributed by atoms with Gasteiger partial charge in [-0.2, -0.15) is 0 Å². The molecule has 0 aliphatic rings. The molecule has 0 bridgehead atoms. The van der Waals surface area contributed by atoms with Crippen molar-refractivity contribution in [3.8, 4) is 11.5 Å². The van der Waals surface area contributed by atoms with Crippen molar-refractivity contribution < 1.29 is 19.4 Å². The van der Waals surface area contributed by atoms with Gasteiger partial charge in [0, 0.05) is 12.3 Å². The second-order valence-corrected chi connectivity index (χ2v) is 3.80. The fourth-order valence-electron chi connectivity index (χ4n) is 1.73. The Labute approximate surface area is 103 Å². The number of benzene rings is 2. The Bertz CT molecular complexity index is 649. The standard InChI is InChI=1S/C13H11NO4/c1-7(15)18-12-4-2-3-8-5-10(13(14)17)11(16)6-9(8)12/h2-6,16H,1H3,(H2,14,17). The topological polar surface area (TPSA) is 89.6 Å². The first-order chi connectivity index (χ1) is 8.49. The number of carbonyl (C=O) groups is 2. The minimum Gasteiger partial charge on any atom is -0.507 e. The predicted octanol–water partition coefficient (Wildman–Crippen LogP) is 1.57. The molecule has 0 heterocycles. The average molecular weight is 245 g/mol. The van der Waals surface area contributed by atoms with E-state index in [1.54, 1.807) is 18.2 Å². The molecule has 0 aliphatic heterocycles. The quantitative estimate of drug-likeness (QED) is 0.620. The van der Waals surface area contributed by atoms with Gasteiger partial charge in [-0.1, -0.05) is 12.1 Å². The number of primary amides is 1. The molecule has 0 fully saturated rings. The van der Waals surface area contributed by atoms with Gasteiger partial charge in [0.25, 0.3) is 5.91 Å². The van der Waals surface area contributed by atoms with Gasteiger partial charge >= 0.3 is 5.97 Å². The molecule has 18 heavy (non-hydrogen) atoms. The minimum atomic E-state index is -0.715. The average Bonchev–Trinajstić information content (AvgIpc) is 2.28. The van der Waals surface area contributed by atoms with Crippen LogP contribution in [0.15, 0.2) is 30.3 Å². The summed E-state index contributed by atoms with van der Waals surface area (Å²) in [4.78, 5) is 22.1. The van der Waals surface area contributed by atoms with Crippen molar-refractivity contribution in [1.82, 2.24) is 0 Å². The Kier molecular flexibility index (Phi) is 2.89. The van der Waals surface area contributed by atoms with Crippen LogP contribution in [0.4, 0.5) is 0 Å². The molecule has 0 atom stereocenters. The molecular weight excluding hydrogens is 234 g/mol. The Hall–Kier alpha value is -2.56. The molecular formula is C13H11NO4. The van der Waals surface area contributed by atoms with Crippen LogP contribution in [0.1, 0.15) is 17.3 Å². The molecule has 0 aromatic heterocycles. The van der Waals surface area contributed by atoms with Crippen molar-refractivity contribution in [3.63, 3.8) is 0 Å². The van der Waals surface area contributed by atoms with Crippen LogP contribution >= 0.6 is 0 Å². The maximum Gasteiger partial charge on any atom is 0.308 e. The summed E-state index contributed by atoms with van der Waals surface area (Å²) in [6, 6.07) is 7.83. The number of amides is 1. The van der Waals surface area contributed by atoms with Crippen LogP contribution in [0.25, 0.3) is 10.8 Å². The van der Waals surface area contributed by atoms with Crippen molar-refractivity contribution in [1.29, 1.82) is 0 Å². The summed E-state index contributed by atoms with van der Waals surface area (Å²) in [5.74, 6) is -1.09. The lowest BCUT2D eigenvalue weighted by molar-refractivity contribution is -0.131. The summed E-state index contributed by atoms with van der Waals surface area (Å²) < 4.78 is 5.02. The molecule has 2 aromatic rings. The number of hydrogen-bond donors (Lipinski definition) is 2. The Morgan fingerprint density at radius 1 is 1.28 bits per heavy atom. The summed E-state index contributed by atoms with van der Waals surface area (Å²) in [5, 5.41) is 10.9. The zero-order valence-electron chi connectivity index (χ0n) is 9.64. The highest BCUT2D eigenvalue weighted by Gasteiger charge is 2.12. The number of carbonyl (C=O) groups excluding carboxylic acids is 2. The highest BCUT2D eigenvalue weighted by molar-refractivity contribution is 6.02. The largest absolute Gasteiger partial charge is 0.507 e. The molecule has 1 amide bonds. The van der Waals surface area contributed by atoms with Crippen LogP contribution in [0, 0.1) is 0 Å². The number of fused-ring (bicyclic) bond motifs is 1. The van der Waals surface area contributed by atoms with Crippen LogP contribution in [-0.4, -0.2) is 17.0 Å². The fourth-order valence-corrected chi connectivity index (χ4v) is 1.73. The Balaban J connectivity index is 2.68. The van der Waals surface area contributed by atoms with Crippen LogP contribution < -0.4 is 10.5 Å². The molecule has 5 heteroatoms. The van der Waals surface area contributed by atoms with Crippen molar-refractivity contribution in [2.24, 2.45) is 5.73 Å². The van der Waals surface area contributed by atoms with Gasteiger partial charge in [0.15, 0.2) is 0 Å². The molecule has 0 saturated carbocycles. The van der Waals surface area contributed by atoms with Gasteiger partial charge in [0.05, 0.1) is 5.56 Å². The van der Waals surface area contributed by atoms with E-state index in [2.05, 4.69) is 0 Å². The van der Waals surface area contributed by atoms with Crippen LogP contribution in [0.2, 0.25) is 0 Å². The SMILES string of the molecule is CC(=O)Oc1cccc2cc(C(N)=O)c(O)cc12. The first kappa shape index (κ1) is 11.9. The van der Waals surface area contributed by atoms with Crippen LogP contribution in [-0.2, 0) is 4.79 Å². The second-order valence-electron chi connectivity index (χ2n) is 3.80. The number of aromatic hydroxyl groups is 1. The summed E-state index contributed by atoms with van der Waals surface area (Å²) in [6.45, 7) is 1.29. The molecule has 5 nitrogen and oxygen atoms in total. The smallest absolute Gasteiger partial charge is 0.308 e. The molecule has 2 rings (SSSR count). The third-order valence-electron chi connectivity index (χ3n) is 2.48. The molecule has 0 aliphatic carbocycles. The molecule has 0 unspecified atom stereocenters. The van der Waals surface area contributed by atoms with Gasteiger partial charge in [-0.3, -0.25) is 9.59 Å². The Morgan fingerprint density at radius 2 is 2.00 bits per heavy atom. The number of rotatable bonds is 2. The van der Waals surface area contributed by atoms with Gasteiger partial charge in [-0.25, -0.2) is 0 Å². The number of nitrogens with two attached hydrogens (primary N) is 1.